The van der Waals surface area contributed by atoms with E-state index in [2.05, 4.69) is 14.4 Å². The van der Waals surface area contributed by atoms with E-state index in [0.717, 1.165) is 33.2 Å². The number of hydrogen-bond acceptors (Lipinski definition) is 10. The van der Waals surface area contributed by atoms with E-state index < -0.39 is 26.0 Å². The molecule has 2 aromatic carbocycles. The van der Waals surface area contributed by atoms with Crippen LogP contribution < -0.4 is 9.44 Å². The molecule has 0 bridgehead atoms. The van der Waals surface area contributed by atoms with E-state index in [9.17, 15) is 21.6 Å². The average Bonchev–Trinajstić information content (AvgIpc) is 3.70. The fraction of sp³-hybridized carbons (Fsp3) is 0.0400. The van der Waals surface area contributed by atoms with Gasteiger partial charge in [0.1, 0.15) is 20.0 Å². The Morgan fingerprint density at radius 1 is 0.769 bits per heavy atom. The lowest BCUT2D eigenvalue weighted by molar-refractivity contribution is 0.0468. The third-order valence-electron chi connectivity index (χ3n) is 5.12. The van der Waals surface area contributed by atoms with Crippen LogP contribution in [0.2, 0.25) is 0 Å². The lowest BCUT2D eigenvalue weighted by Crippen LogP contribution is -2.15. The Hall–Kier alpha value is -3.56. The summed E-state index contributed by atoms with van der Waals surface area (Å²) in [6, 6.07) is 19.5. The smallest absolute Gasteiger partial charge is 0.338 e. The number of nitrogens with zero attached hydrogens (tertiary/aromatic N) is 1. The van der Waals surface area contributed by atoms with Crippen molar-refractivity contribution in [3.05, 3.63) is 100 Å². The van der Waals surface area contributed by atoms with Crippen LogP contribution in [0, 0.1) is 0 Å². The number of carbonyl (C=O) groups excluding carboxylic acids is 1. The van der Waals surface area contributed by atoms with E-state index in [1.54, 1.807) is 28.3 Å². The van der Waals surface area contributed by atoms with E-state index in [-0.39, 0.29) is 32.0 Å². The zero-order chi connectivity index (χ0) is 27.5. The van der Waals surface area contributed by atoms with Crippen molar-refractivity contribution in [3.63, 3.8) is 0 Å². The van der Waals surface area contributed by atoms with Crippen molar-refractivity contribution >= 4 is 71.4 Å². The molecule has 0 saturated carbocycles. The van der Waals surface area contributed by atoms with Crippen molar-refractivity contribution < 1.29 is 26.4 Å². The Bertz CT molecular complexity index is 1710. The molecule has 3 heterocycles. The second-order valence-electron chi connectivity index (χ2n) is 7.96. The number of thiophene rings is 2. The molecule has 0 amide bonds. The standard InChI is InChI=1S/C25H19N3O6S5/c29-25(34-15-21-16-37-24(26-21)17-6-2-1-3-7-17)18-12-19(27-38(30,31)22-8-4-10-35-22)14-20(13-18)28-39(32,33)23-9-5-11-36-23/h1-14,16,27-28H,15H2. The first-order chi connectivity index (χ1) is 18.7. The molecule has 0 saturated heterocycles. The van der Waals surface area contributed by atoms with Crippen molar-refractivity contribution in [2.24, 2.45) is 0 Å². The average molecular weight is 618 g/mol. The number of nitrogens with one attached hydrogen (secondary N) is 2. The summed E-state index contributed by atoms with van der Waals surface area (Å²) < 4.78 is 61.6. The van der Waals surface area contributed by atoms with Gasteiger partial charge in [-0.25, -0.2) is 26.6 Å². The quantitative estimate of drug-likeness (QED) is 0.187. The van der Waals surface area contributed by atoms with Gasteiger partial charge in [0.15, 0.2) is 0 Å². The first-order valence-corrected chi connectivity index (χ1v) is 16.7. The highest BCUT2D eigenvalue weighted by Gasteiger charge is 2.21. The van der Waals surface area contributed by atoms with Gasteiger partial charge < -0.3 is 4.74 Å². The molecule has 9 nitrogen and oxygen atoms in total. The molecule has 3 aromatic heterocycles. The number of ether oxygens (including phenoxy) is 1. The maximum Gasteiger partial charge on any atom is 0.338 e. The molecule has 0 fully saturated rings. The zero-order valence-corrected chi connectivity index (χ0v) is 23.9. The summed E-state index contributed by atoms with van der Waals surface area (Å²) in [4.78, 5) is 17.5. The molecule has 39 heavy (non-hydrogen) atoms. The van der Waals surface area contributed by atoms with Crippen LogP contribution in [-0.4, -0.2) is 27.8 Å². The minimum atomic E-state index is -3.96. The van der Waals surface area contributed by atoms with Crippen LogP contribution in [0.5, 0.6) is 0 Å². The van der Waals surface area contributed by atoms with Crippen LogP contribution in [-0.2, 0) is 31.4 Å². The number of esters is 1. The third kappa shape index (κ3) is 6.54. The molecule has 0 aliphatic rings. The molecule has 0 radical (unpaired) electrons. The molecular formula is C25H19N3O6S5. The van der Waals surface area contributed by atoms with Gasteiger partial charge >= 0.3 is 5.97 Å². The van der Waals surface area contributed by atoms with E-state index in [4.69, 9.17) is 4.74 Å². The maximum atomic E-state index is 13.0. The minimum absolute atomic E-state index is 0.0123. The molecule has 0 atom stereocenters. The van der Waals surface area contributed by atoms with Gasteiger partial charge in [-0.1, -0.05) is 42.5 Å². The zero-order valence-electron chi connectivity index (χ0n) is 19.8. The summed E-state index contributed by atoms with van der Waals surface area (Å²) in [7, 11) is -7.92. The molecule has 200 valence electrons. The third-order valence-corrected chi connectivity index (χ3v) is 11.6. The Morgan fingerprint density at radius 2 is 1.36 bits per heavy atom. The lowest BCUT2D eigenvalue weighted by Gasteiger charge is -2.13. The van der Waals surface area contributed by atoms with Crippen molar-refractivity contribution in [1.29, 1.82) is 0 Å². The van der Waals surface area contributed by atoms with E-state index in [0.29, 0.717) is 5.69 Å². The number of anilines is 2. The Balaban J connectivity index is 1.39. The monoisotopic (exact) mass is 617 g/mol. The van der Waals surface area contributed by atoms with Gasteiger partial charge in [0, 0.05) is 10.9 Å². The summed E-state index contributed by atoms with van der Waals surface area (Å²) in [5, 5.41) is 5.79. The second kappa shape index (κ2) is 11.3. The van der Waals surface area contributed by atoms with Gasteiger partial charge in [-0.3, -0.25) is 9.44 Å². The van der Waals surface area contributed by atoms with E-state index in [1.165, 1.54) is 41.7 Å². The van der Waals surface area contributed by atoms with E-state index in [1.807, 2.05) is 30.3 Å². The number of sulfonamides is 2. The summed E-state index contributed by atoms with van der Waals surface area (Å²) in [6.45, 7) is -0.121. The van der Waals surface area contributed by atoms with E-state index >= 15 is 0 Å². The maximum absolute atomic E-state index is 13.0. The van der Waals surface area contributed by atoms with Crippen LogP contribution in [0.25, 0.3) is 10.6 Å². The first kappa shape index (κ1) is 27.0. The van der Waals surface area contributed by atoms with Crippen LogP contribution in [0.4, 0.5) is 11.4 Å². The lowest BCUT2D eigenvalue weighted by atomic mass is 10.2. The highest BCUT2D eigenvalue weighted by atomic mass is 32.3. The van der Waals surface area contributed by atoms with Gasteiger partial charge in [0.2, 0.25) is 0 Å². The van der Waals surface area contributed by atoms with Gasteiger partial charge in [-0.15, -0.1) is 34.0 Å². The van der Waals surface area contributed by atoms with Crippen LogP contribution in [0.15, 0.2) is 97.4 Å². The van der Waals surface area contributed by atoms with Gasteiger partial charge in [0.25, 0.3) is 20.0 Å². The Kier molecular flexibility index (Phi) is 7.81. The minimum Gasteiger partial charge on any atom is -0.456 e. The molecule has 0 unspecified atom stereocenters. The molecule has 2 N–H and O–H groups in total. The summed E-state index contributed by atoms with van der Waals surface area (Å²) in [5.41, 5.74) is 1.40. The van der Waals surface area contributed by atoms with Crippen LogP contribution in [0.1, 0.15) is 16.1 Å². The molecule has 5 aromatic rings. The second-order valence-corrected chi connectivity index (χ2v) is 14.5. The van der Waals surface area contributed by atoms with Gasteiger partial charge in [-0.2, -0.15) is 0 Å². The number of rotatable bonds is 10. The molecule has 5 rings (SSSR count). The Labute approximate surface area is 236 Å². The highest BCUT2D eigenvalue weighted by molar-refractivity contribution is 7.95. The molecule has 0 aliphatic carbocycles. The highest BCUT2D eigenvalue weighted by Crippen LogP contribution is 2.28. The van der Waals surface area contributed by atoms with Gasteiger partial charge in [-0.05, 0) is 41.1 Å². The number of thiazole rings is 1. The van der Waals surface area contributed by atoms with Gasteiger partial charge in [0.05, 0.1) is 22.6 Å². The predicted octanol–water partition coefficient (Wildman–Crippen LogP) is 5.89. The van der Waals surface area contributed by atoms with Crippen LogP contribution >= 0.6 is 34.0 Å². The van der Waals surface area contributed by atoms with Crippen molar-refractivity contribution in [3.8, 4) is 10.6 Å². The van der Waals surface area contributed by atoms with Crippen molar-refractivity contribution in [1.82, 2.24) is 4.98 Å². The normalized spacial score (nSPS) is 11.7. The molecule has 0 spiro atoms. The number of hydrogen-bond donors (Lipinski definition) is 2. The molecule has 14 heteroatoms. The SMILES string of the molecule is O=C(OCc1csc(-c2ccccc2)n1)c1cc(NS(=O)(=O)c2cccs2)cc(NS(=O)(=O)c2cccs2)c1. The predicted molar refractivity (Wildman–Crippen MR) is 153 cm³/mol. The Morgan fingerprint density at radius 3 is 1.90 bits per heavy atom. The largest absolute Gasteiger partial charge is 0.456 e. The van der Waals surface area contributed by atoms with Crippen molar-refractivity contribution in [2.75, 3.05) is 9.44 Å². The topological polar surface area (TPSA) is 132 Å². The first-order valence-electron chi connectivity index (χ1n) is 11.1. The fourth-order valence-corrected chi connectivity index (χ4v) is 8.29. The number of aromatic nitrogens is 1. The molecule has 0 aliphatic heterocycles. The fourth-order valence-electron chi connectivity index (χ4n) is 3.42. The summed E-state index contributed by atoms with van der Waals surface area (Å²) in [5.74, 6) is -0.780. The molecular weight excluding hydrogens is 599 g/mol. The number of benzene rings is 2. The van der Waals surface area contributed by atoms with Crippen molar-refractivity contribution in [2.45, 2.75) is 15.0 Å². The summed E-state index contributed by atoms with van der Waals surface area (Å²) >= 11 is 3.45. The number of carbonyl (C=O) groups is 1. The van der Waals surface area contributed by atoms with Crippen LogP contribution in [0.3, 0.4) is 0 Å². The summed E-state index contributed by atoms with van der Waals surface area (Å²) in [6.07, 6.45) is 0.